The van der Waals surface area contributed by atoms with E-state index in [0.717, 1.165) is 12.8 Å². The second-order valence-corrected chi connectivity index (χ2v) is 5.51. The van der Waals surface area contributed by atoms with E-state index in [0.29, 0.717) is 30.5 Å². The summed E-state index contributed by atoms with van der Waals surface area (Å²) < 4.78 is 0. The Balaban J connectivity index is 2.42. The van der Waals surface area contributed by atoms with Gasteiger partial charge in [-0.3, -0.25) is 9.59 Å². The number of hydrogen-bond donors (Lipinski definition) is 3. The van der Waals surface area contributed by atoms with Crippen molar-refractivity contribution in [2.45, 2.75) is 32.6 Å². The van der Waals surface area contributed by atoms with E-state index in [1.54, 1.807) is 6.08 Å². The van der Waals surface area contributed by atoms with Crippen molar-refractivity contribution in [2.75, 3.05) is 6.54 Å². The van der Waals surface area contributed by atoms with Crippen LogP contribution in [0.3, 0.4) is 0 Å². The van der Waals surface area contributed by atoms with Crippen LogP contribution in [0.5, 0.6) is 11.5 Å². The van der Waals surface area contributed by atoms with Crippen LogP contribution >= 0.6 is 0 Å². The zero-order valence-corrected chi connectivity index (χ0v) is 13.2. The number of allylic oxidation sites excluding steroid dienone is 2. The van der Waals surface area contributed by atoms with Gasteiger partial charge < -0.3 is 15.5 Å². The van der Waals surface area contributed by atoms with Gasteiger partial charge in [0.05, 0.1) is 5.57 Å². The first-order chi connectivity index (χ1) is 11.0. The standard InChI is InChI=1S/C18H21NO4/c1-3-5-7-11-12-9-14(20)15(21)10-13(12)17(22)16(11)18(23)19-8-6-4-2/h3,9-10,20-21H,1,4-8H2,2H3,(H,19,23). The molecule has 1 aliphatic rings. The average molecular weight is 315 g/mol. The highest BCUT2D eigenvalue weighted by atomic mass is 16.3. The Labute approximate surface area is 135 Å². The number of Topliss-reactive ketones (excluding diaryl/α,β-unsaturated/α-hetero) is 1. The van der Waals surface area contributed by atoms with Gasteiger partial charge in [-0.1, -0.05) is 19.4 Å². The Hall–Kier alpha value is -2.56. The van der Waals surface area contributed by atoms with Crippen molar-refractivity contribution in [1.82, 2.24) is 5.32 Å². The summed E-state index contributed by atoms with van der Waals surface area (Å²) >= 11 is 0. The maximum absolute atomic E-state index is 12.6. The zero-order valence-electron chi connectivity index (χ0n) is 13.2. The van der Waals surface area contributed by atoms with Crippen LogP contribution < -0.4 is 5.32 Å². The second kappa shape index (κ2) is 7.13. The van der Waals surface area contributed by atoms with Gasteiger partial charge in [-0.2, -0.15) is 0 Å². The minimum atomic E-state index is -0.414. The number of hydrogen-bond acceptors (Lipinski definition) is 4. The maximum atomic E-state index is 12.6. The third kappa shape index (κ3) is 3.28. The molecule has 0 aliphatic heterocycles. The molecule has 0 aromatic heterocycles. The first-order valence-electron chi connectivity index (χ1n) is 7.74. The molecule has 1 amide bonds. The highest BCUT2D eigenvalue weighted by Crippen LogP contribution is 2.41. The van der Waals surface area contributed by atoms with Crippen molar-refractivity contribution in [3.63, 3.8) is 0 Å². The summed E-state index contributed by atoms with van der Waals surface area (Å²) in [6.45, 7) is 6.19. The third-order valence-electron chi connectivity index (χ3n) is 3.85. The van der Waals surface area contributed by atoms with Crippen molar-refractivity contribution < 1.29 is 19.8 Å². The number of unbranched alkanes of at least 4 members (excludes halogenated alkanes) is 1. The van der Waals surface area contributed by atoms with E-state index in [9.17, 15) is 19.8 Å². The summed E-state index contributed by atoms with van der Waals surface area (Å²) in [5.41, 5.74) is 1.45. The molecule has 0 spiro atoms. The summed E-state index contributed by atoms with van der Waals surface area (Å²) in [6, 6.07) is 2.56. The second-order valence-electron chi connectivity index (χ2n) is 5.51. The molecule has 122 valence electrons. The van der Waals surface area contributed by atoms with Gasteiger partial charge in [-0.05, 0) is 42.5 Å². The molecule has 0 heterocycles. The third-order valence-corrected chi connectivity index (χ3v) is 3.85. The molecule has 0 saturated carbocycles. The lowest BCUT2D eigenvalue weighted by atomic mass is 10.00. The number of phenols is 2. The number of carbonyl (C=O) groups is 2. The highest BCUT2D eigenvalue weighted by molar-refractivity contribution is 6.34. The Morgan fingerprint density at radius 2 is 1.91 bits per heavy atom. The summed E-state index contributed by atoms with van der Waals surface area (Å²) in [5.74, 6) is -1.49. The van der Waals surface area contributed by atoms with Crippen LogP contribution in [0.15, 0.2) is 30.4 Å². The smallest absolute Gasteiger partial charge is 0.255 e. The van der Waals surface area contributed by atoms with Crippen LogP contribution in [0.4, 0.5) is 0 Å². The quantitative estimate of drug-likeness (QED) is 0.312. The minimum absolute atomic E-state index is 0.1000. The molecule has 0 fully saturated rings. The molecular formula is C18H21NO4. The van der Waals surface area contributed by atoms with Crippen molar-refractivity contribution in [3.05, 3.63) is 41.5 Å². The Morgan fingerprint density at radius 1 is 1.26 bits per heavy atom. The highest BCUT2D eigenvalue weighted by Gasteiger charge is 2.34. The Kier molecular flexibility index (Phi) is 5.21. The van der Waals surface area contributed by atoms with E-state index in [4.69, 9.17) is 0 Å². The van der Waals surface area contributed by atoms with Crippen molar-refractivity contribution in [2.24, 2.45) is 0 Å². The zero-order chi connectivity index (χ0) is 17.0. The van der Waals surface area contributed by atoms with Gasteiger partial charge in [-0.15, -0.1) is 6.58 Å². The average Bonchev–Trinajstić information content (AvgIpc) is 2.78. The molecule has 0 unspecified atom stereocenters. The minimum Gasteiger partial charge on any atom is -0.504 e. The van der Waals surface area contributed by atoms with Crippen LogP contribution in [-0.4, -0.2) is 28.4 Å². The molecule has 3 N–H and O–H groups in total. The van der Waals surface area contributed by atoms with E-state index in [2.05, 4.69) is 11.9 Å². The van der Waals surface area contributed by atoms with E-state index in [1.807, 2.05) is 6.92 Å². The fraction of sp³-hybridized carbons (Fsp3) is 0.333. The summed E-state index contributed by atoms with van der Waals surface area (Å²) in [4.78, 5) is 25.0. The molecule has 23 heavy (non-hydrogen) atoms. The van der Waals surface area contributed by atoms with Crippen LogP contribution in [0.2, 0.25) is 0 Å². The molecule has 0 radical (unpaired) electrons. The number of nitrogens with one attached hydrogen (secondary N) is 1. The Bertz CT molecular complexity index is 689. The number of ketones is 1. The summed E-state index contributed by atoms with van der Waals surface area (Å²) in [7, 11) is 0. The number of benzene rings is 1. The van der Waals surface area contributed by atoms with Crippen LogP contribution in [0, 0.1) is 0 Å². The van der Waals surface area contributed by atoms with Crippen molar-refractivity contribution >= 4 is 17.3 Å². The number of rotatable bonds is 7. The number of fused-ring (bicyclic) bond motifs is 1. The molecule has 5 nitrogen and oxygen atoms in total. The molecule has 1 aromatic carbocycles. The van der Waals surface area contributed by atoms with Crippen LogP contribution in [0.25, 0.3) is 5.57 Å². The van der Waals surface area contributed by atoms with Crippen LogP contribution in [0.1, 0.15) is 48.5 Å². The first kappa shape index (κ1) is 16.8. The summed E-state index contributed by atoms with van der Waals surface area (Å²) in [6.07, 6.45) is 4.57. The first-order valence-corrected chi connectivity index (χ1v) is 7.74. The fourth-order valence-electron chi connectivity index (χ4n) is 2.63. The van der Waals surface area contributed by atoms with E-state index in [-0.39, 0.29) is 22.6 Å². The predicted molar refractivity (Wildman–Crippen MR) is 88.4 cm³/mol. The van der Waals surface area contributed by atoms with E-state index in [1.165, 1.54) is 12.1 Å². The lowest BCUT2D eigenvalue weighted by Gasteiger charge is -2.08. The van der Waals surface area contributed by atoms with Gasteiger partial charge in [-0.25, -0.2) is 0 Å². The topological polar surface area (TPSA) is 86.6 Å². The SMILES string of the molecule is C=CCCC1=C(C(=O)NCCCC)C(=O)c2cc(O)c(O)cc21. The van der Waals surface area contributed by atoms with Crippen molar-refractivity contribution in [3.8, 4) is 11.5 Å². The van der Waals surface area contributed by atoms with Gasteiger partial charge in [0.25, 0.3) is 5.91 Å². The van der Waals surface area contributed by atoms with Gasteiger partial charge in [0.15, 0.2) is 17.3 Å². The van der Waals surface area contributed by atoms with Gasteiger partial charge in [0.2, 0.25) is 0 Å². The van der Waals surface area contributed by atoms with Gasteiger partial charge in [0, 0.05) is 12.1 Å². The number of aromatic hydroxyl groups is 2. The molecule has 0 saturated heterocycles. The predicted octanol–water partition coefficient (Wildman–Crippen LogP) is 2.93. The molecule has 5 heteroatoms. The molecule has 0 bridgehead atoms. The van der Waals surface area contributed by atoms with Crippen LogP contribution in [-0.2, 0) is 4.79 Å². The molecule has 1 aliphatic carbocycles. The maximum Gasteiger partial charge on any atom is 0.255 e. The number of phenolic OH excluding ortho intramolecular Hbond substituents is 2. The van der Waals surface area contributed by atoms with E-state index < -0.39 is 11.7 Å². The monoisotopic (exact) mass is 315 g/mol. The Morgan fingerprint density at radius 3 is 2.52 bits per heavy atom. The van der Waals surface area contributed by atoms with Gasteiger partial charge in [0.1, 0.15) is 0 Å². The normalized spacial score (nSPS) is 13.2. The van der Waals surface area contributed by atoms with E-state index >= 15 is 0 Å². The molecule has 1 aromatic rings. The number of carbonyl (C=O) groups excluding carboxylic acids is 2. The molecule has 0 atom stereocenters. The fourth-order valence-corrected chi connectivity index (χ4v) is 2.63. The number of amides is 1. The molecule has 2 rings (SSSR count). The largest absolute Gasteiger partial charge is 0.504 e. The lowest BCUT2D eigenvalue weighted by Crippen LogP contribution is -2.28. The van der Waals surface area contributed by atoms with Crippen molar-refractivity contribution in [1.29, 1.82) is 0 Å². The summed E-state index contributed by atoms with van der Waals surface area (Å²) in [5, 5.41) is 22.1. The lowest BCUT2D eigenvalue weighted by molar-refractivity contribution is -0.117. The van der Waals surface area contributed by atoms with Gasteiger partial charge >= 0.3 is 0 Å². The molecular weight excluding hydrogens is 294 g/mol.